The molecule has 0 aliphatic carbocycles. The van der Waals surface area contributed by atoms with Crippen LogP contribution in [0.1, 0.15) is 13.8 Å². The SMILES string of the molecule is CC(=O)OC[C@H]1O[C@@H]2OCC(Cl)(Cl)[C@@H]2[C@H](Cl)[C@H]1OC(C)=O. The molecule has 0 bridgehead atoms. The number of hydrogen-bond acceptors (Lipinski definition) is 6. The minimum Gasteiger partial charge on any atom is -0.463 e. The molecule has 0 N–H and O–H groups in total. The Balaban J connectivity index is 2.17. The second kappa shape index (κ2) is 6.46. The van der Waals surface area contributed by atoms with E-state index in [0.717, 1.165) is 0 Å². The highest BCUT2D eigenvalue weighted by Crippen LogP contribution is 2.48. The smallest absolute Gasteiger partial charge is 0.303 e. The van der Waals surface area contributed by atoms with Gasteiger partial charge in [-0.1, -0.05) is 23.2 Å². The largest absolute Gasteiger partial charge is 0.463 e. The highest BCUT2D eigenvalue weighted by molar-refractivity contribution is 6.49. The van der Waals surface area contributed by atoms with Gasteiger partial charge in [-0.2, -0.15) is 0 Å². The Labute approximate surface area is 136 Å². The standard InChI is InChI=1S/C12H15Cl3O6/c1-5(16)18-3-7-10(20-6(2)17)9(13)8-11(21-7)19-4-12(8,14)15/h7-11H,3-4H2,1-2H3/t7-,8-,9+,10+,11+/m1/s1. The summed E-state index contributed by atoms with van der Waals surface area (Å²) in [5, 5.41) is -0.731. The van der Waals surface area contributed by atoms with Gasteiger partial charge in [0.25, 0.3) is 0 Å². The maximum absolute atomic E-state index is 11.3. The van der Waals surface area contributed by atoms with Gasteiger partial charge in [-0.3, -0.25) is 9.59 Å². The quantitative estimate of drug-likeness (QED) is 0.562. The second-order valence-corrected chi connectivity index (χ2v) is 7.01. The number of hydrogen-bond donors (Lipinski definition) is 0. The summed E-state index contributed by atoms with van der Waals surface area (Å²) < 4.78 is 19.9. The van der Waals surface area contributed by atoms with Crippen molar-refractivity contribution >= 4 is 46.7 Å². The van der Waals surface area contributed by atoms with Gasteiger partial charge in [0, 0.05) is 13.8 Å². The molecule has 5 atom stereocenters. The van der Waals surface area contributed by atoms with Crippen LogP contribution in [0.5, 0.6) is 0 Å². The maximum atomic E-state index is 11.3. The number of esters is 2. The minimum atomic E-state index is -1.23. The summed E-state index contributed by atoms with van der Waals surface area (Å²) in [5.74, 6) is -1.58. The molecule has 2 heterocycles. The van der Waals surface area contributed by atoms with Crippen LogP contribution in [0.4, 0.5) is 0 Å². The summed E-state index contributed by atoms with van der Waals surface area (Å²) in [7, 11) is 0. The van der Waals surface area contributed by atoms with Crippen LogP contribution >= 0.6 is 34.8 Å². The van der Waals surface area contributed by atoms with Crippen molar-refractivity contribution in [1.82, 2.24) is 0 Å². The van der Waals surface area contributed by atoms with Crippen LogP contribution in [0.25, 0.3) is 0 Å². The third-order valence-electron chi connectivity index (χ3n) is 3.31. The van der Waals surface area contributed by atoms with Gasteiger partial charge in [0.1, 0.15) is 18.8 Å². The van der Waals surface area contributed by atoms with Crippen molar-refractivity contribution in [3.63, 3.8) is 0 Å². The molecular weight excluding hydrogens is 346 g/mol. The normalized spacial score (nSPS) is 37.7. The highest BCUT2D eigenvalue weighted by atomic mass is 35.5. The predicted molar refractivity (Wildman–Crippen MR) is 74.4 cm³/mol. The third kappa shape index (κ3) is 3.74. The molecule has 0 aromatic carbocycles. The molecule has 0 aromatic rings. The number of halogens is 3. The number of rotatable bonds is 3. The zero-order valence-corrected chi connectivity index (χ0v) is 13.7. The van der Waals surface area contributed by atoms with Crippen molar-refractivity contribution in [2.24, 2.45) is 5.92 Å². The van der Waals surface area contributed by atoms with E-state index >= 15 is 0 Å². The first-order valence-electron chi connectivity index (χ1n) is 6.32. The number of carbonyl (C=O) groups is 2. The molecule has 0 spiro atoms. The predicted octanol–water partition coefficient (Wildman–Crippen LogP) is 1.63. The molecule has 120 valence electrons. The van der Waals surface area contributed by atoms with Crippen molar-refractivity contribution in [2.45, 2.75) is 42.1 Å². The lowest BCUT2D eigenvalue weighted by Gasteiger charge is -2.42. The van der Waals surface area contributed by atoms with E-state index in [4.69, 9.17) is 53.8 Å². The van der Waals surface area contributed by atoms with E-state index in [1.54, 1.807) is 0 Å². The number of carbonyl (C=O) groups excluding carboxylic acids is 2. The van der Waals surface area contributed by atoms with Crippen molar-refractivity contribution < 1.29 is 28.5 Å². The molecule has 0 unspecified atom stereocenters. The molecule has 9 heteroatoms. The lowest BCUT2D eigenvalue weighted by atomic mass is 9.92. The maximum Gasteiger partial charge on any atom is 0.303 e. The van der Waals surface area contributed by atoms with Crippen LogP contribution in [-0.4, -0.2) is 53.4 Å². The van der Waals surface area contributed by atoms with E-state index in [-0.39, 0.29) is 13.2 Å². The Bertz CT molecular complexity index is 429. The van der Waals surface area contributed by atoms with E-state index in [2.05, 4.69) is 0 Å². The molecule has 2 saturated heterocycles. The summed E-state index contributed by atoms with van der Waals surface area (Å²) >= 11 is 18.7. The van der Waals surface area contributed by atoms with Crippen molar-refractivity contribution in [1.29, 1.82) is 0 Å². The molecule has 2 aliphatic rings. The monoisotopic (exact) mass is 360 g/mol. The van der Waals surface area contributed by atoms with E-state index in [1.807, 2.05) is 0 Å². The van der Waals surface area contributed by atoms with Crippen molar-refractivity contribution in [2.75, 3.05) is 13.2 Å². The fourth-order valence-corrected chi connectivity index (χ4v) is 3.70. The van der Waals surface area contributed by atoms with Crippen LogP contribution in [0, 0.1) is 5.92 Å². The first-order chi connectivity index (χ1) is 9.72. The Morgan fingerprint density at radius 2 is 1.95 bits per heavy atom. The Morgan fingerprint density at radius 3 is 2.52 bits per heavy atom. The fraction of sp³-hybridized carbons (Fsp3) is 0.833. The van der Waals surface area contributed by atoms with E-state index in [1.165, 1.54) is 13.8 Å². The molecule has 2 aliphatic heterocycles. The summed E-state index contributed by atoms with van der Waals surface area (Å²) in [5.41, 5.74) is 0. The van der Waals surface area contributed by atoms with Crippen LogP contribution in [0.3, 0.4) is 0 Å². The van der Waals surface area contributed by atoms with Crippen LogP contribution in [0.15, 0.2) is 0 Å². The summed E-state index contributed by atoms with van der Waals surface area (Å²) in [6, 6.07) is 0. The first kappa shape index (κ1) is 17.1. The van der Waals surface area contributed by atoms with Gasteiger partial charge in [-0.15, -0.1) is 11.6 Å². The molecule has 2 rings (SSSR count). The van der Waals surface area contributed by atoms with Gasteiger partial charge >= 0.3 is 11.9 Å². The van der Waals surface area contributed by atoms with Crippen LogP contribution < -0.4 is 0 Å². The van der Waals surface area contributed by atoms with E-state index in [0.29, 0.717) is 0 Å². The van der Waals surface area contributed by atoms with Gasteiger partial charge in [-0.25, -0.2) is 0 Å². The molecular formula is C12H15Cl3O6. The molecule has 0 amide bonds. The van der Waals surface area contributed by atoms with Gasteiger partial charge in [0.2, 0.25) is 0 Å². The molecule has 0 aromatic heterocycles. The molecule has 0 saturated carbocycles. The lowest BCUT2D eigenvalue weighted by molar-refractivity contribution is -0.233. The lowest BCUT2D eigenvalue weighted by Crippen LogP contribution is -2.57. The zero-order valence-electron chi connectivity index (χ0n) is 11.4. The van der Waals surface area contributed by atoms with Crippen molar-refractivity contribution in [3.05, 3.63) is 0 Å². The van der Waals surface area contributed by atoms with Crippen LogP contribution in [-0.2, 0) is 28.5 Å². The number of ether oxygens (including phenoxy) is 4. The summed E-state index contributed by atoms with van der Waals surface area (Å²) in [6.07, 6.45) is -2.33. The van der Waals surface area contributed by atoms with Crippen molar-refractivity contribution in [3.8, 4) is 0 Å². The molecule has 2 fully saturated rings. The topological polar surface area (TPSA) is 71.1 Å². The average molecular weight is 362 g/mol. The summed E-state index contributed by atoms with van der Waals surface area (Å²) in [6.45, 7) is 2.44. The van der Waals surface area contributed by atoms with E-state index in [9.17, 15) is 9.59 Å². The van der Waals surface area contributed by atoms with Gasteiger partial charge < -0.3 is 18.9 Å². The molecule has 6 nitrogen and oxygen atoms in total. The van der Waals surface area contributed by atoms with Gasteiger partial charge in [-0.05, 0) is 0 Å². The fourth-order valence-electron chi connectivity index (χ4n) is 2.42. The Kier molecular flexibility index (Phi) is 5.26. The highest BCUT2D eigenvalue weighted by Gasteiger charge is 2.59. The van der Waals surface area contributed by atoms with Crippen LogP contribution in [0.2, 0.25) is 0 Å². The minimum absolute atomic E-state index is 0.0434. The molecule has 0 radical (unpaired) electrons. The van der Waals surface area contributed by atoms with E-state index < -0.39 is 46.1 Å². The Hall–Kier alpha value is -0.270. The summed E-state index contributed by atoms with van der Waals surface area (Å²) in [4.78, 5) is 22.2. The zero-order chi connectivity index (χ0) is 15.8. The number of alkyl halides is 3. The van der Waals surface area contributed by atoms with Gasteiger partial charge in [0.05, 0.1) is 17.9 Å². The Morgan fingerprint density at radius 1 is 1.29 bits per heavy atom. The number of fused-ring (bicyclic) bond motifs is 1. The molecule has 21 heavy (non-hydrogen) atoms. The first-order valence-corrected chi connectivity index (χ1v) is 7.51. The average Bonchev–Trinajstić information content (AvgIpc) is 2.66. The second-order valence-electron chi connectivity index (χ2n) is 4.96. The third-order valence-corrected chi connectivity index (χ3v) is 4.55. The van der Waals surface area contributed by atoms with Gasteiger partial charge in [0.15, 0.2) is 10.6 Å².